The van der Waals surface area contributed by atoms with E-state index in [4.69, 9.17) is 94.7 Å². The molecule has 22 atom stereocenters. The normalized spacial score (nSPS) is 31.3. The average Bonchev–Trinajstić information content (AvgIpc) is 0.764. The van der Waals surface area contributed by atoms with Crippen molar-refractivity contribution in [1.82, 2.24) is 10.6 Å². The van der Waals surface area contributed by atoms with Crippen molar-refractivity contribution in [2.75, 3.05) is 45.4 Å². The Bertz CT molecular complexity index is 3200. The van der Waals surface area contributed by atoms with Gasteiger partial charge in [-0.3, -0.25) is 52.7 Å². The van der Waals surface area contributed by atoms with E-state index in [2.05, 4.69) is 17.2 Å². The number of amides is 2. The van der Waals surface area contributed by atoms with Gasteiger partial charge >= 0.3 is 47.8 Å². The van der Waals surface area contributed by atoms with Crippen LogP contribution in [0, 0.1) is 0 Å². The minimum atomic E-state index is -1.59. The van der Waals surface area contributed by atoms with E-state index < -0.39 is 208 Å². The van der Waals surface area contributed by atoms with Crippen molar-refractivity contribution in [3.8, 4) is 0 Å². The molecule has 2 aromatic rings. The van der Waals surface area contributed by atoms with Crippen LogP contribution in [0.15, 0.2) is 73.3 Å². The Morgan fingerprint density at radius 2 is 0.808 bits per heavy atom. The van der Waals surface area contributed by atoms with E-state index in [1.54, 1.807) is 6.08 Å². The summed E-state index contributed by atoms with van der Waals surface area (Å²) in [4.78, 5) is 135. The van der Waals surface area contributed by atoms with Crippen LogP contribution in [0.1, 0.15) is 132 Å². The van der Waals surface area contributed by atoms with Crippen molar-refractivity contribution in [2.24, 2.45) is 0 Å². The number of fused-ring (bicyclic) bond motifs is 2. The lowest BCUT2D eigenvalue weighted by Gasteiger charge is -2.51. The number of carbonyl (C=O) groups is 11. The predicted molar refractivity (Wildman–Crippen MR) is 355 cm³/mol. The molecule has 6 aliphatic heterocycles. The molecular formula is C70H94N2O31S. The number of allylic oxidation sites excluding steroid dienone is 1. The van der Waals surface area contributed by atoms with Crippen molar-refractivity contribution in [2.45, 2.75) is 244 Å². The first-order chi connectivity index (χ1) is 49.6. The van der Waals surface area contributed by atoms with Gasteiger partial charge in [0.2, 0.25) is 11.8 Å². The van der Waals surface area contributed by atoms with Crippen molar-refractivity contribution < 1.29 is 147 Å². The van der Waals surface area contributed by atoms with E-state index in [-0.39, 0.29) is 31.5 Å². The lowest BCUT2D eigenvalue weighted by molar-refractivity contribution is -0.378. The first-order valence-electron chi connectivity index (χ1n) is 34.0. The number of nitrogens with one attached hydrogen (secondary N) is 2. The Morgan fingerprint density at radius 3 is 1.16 bits per heavy atom. The smallest absolute Gasteiger partial charge is 0.303 e. The van der Waals surface area contributed by atoms with Gasteiger partial charge in [0.25, 0.3) is 0 Å². The first kappa shape index (κ1) is 83.7. The van der Waals surface area contributed by atoms with Gasteiger partial charge in [-0.05, 0) is 25.7 Å². The van der Waals surface area contributed by atoms with Crippen LogP contribution in [0.2, 0.25) is 0 Å². The highest BCUT2D eigenvalue weighted by molar-refractivity contribution is 8.13. The molecule has 6 fully saturated rings. The number of thioether (sulfide) groups is 1. The molecule has 2 N–H and O–H groups in total. The lowest BCUT2D eigenvalue weighted by Crippen LogP contribution is -2.70. The van der Waals surface area contributed by atoms with E-state index in [1.165, 1.54) is 46.4 Å². The summed E-state index contributed by atoms with van der Waals surface area (Å²) < 4.78 is 120. The summed E-state index contributed by atoms with van der Waals surface area (Å²) in [6, 6.07) is 16.2. The first-order valence-corrected chi connectivity index (χ1v) is 35.0. The number of ether oxygens (including phenoxy) is 20. The Labute approximate surface area is 605 Å². The molecule has 33 nitrogen and oxygen atoms in total. The molecule has 0 aromatic heterocycles. The second-order valence-electron chi connectivity index (χ2n) is 24.8. The molecule has 0 bridgehead atoms. The summed E-state index contributed by atoms with van der Waals surface area (Å²) in [6.45, 7) is 16.5. The number of hydrogen-bond donors (Lipinski definition) is 2. The quantitative estimate of drug-likeness (QED) is 0.0482. The van der Waals surface area contributed by atoms with E-state index >= 15 is 0 Å². The second-order valence-corrected chi connectivity index (χ2v) is 26.1. The summed E-state index contributed by atoms with van der Waals surface area (Å²) in [6.07, 6.45) is -19.0. The molecule has 10 unspecified atom stereocenters. The van der Waals surface area contributed by atoms with E-state index in [1.807, 2.05) is 60.7 Å². The summed E-state index contributed by atoms with van der Waals surface area (Å²) >= 11 is 1.25. The van der Waals surface area contributed by atoms with Gasteiger partial charge in [0.1, 0.15) is 74.1 Å². The van der Waals surface area contributed by atoms with E-state index in [0.29, 0.717) is 36.1 Å². The minimum absolute atomic E-state index is 0.0254. The Morgan fingerprint density at radius 1 is 0.433 bits per heavy atom. The van der Waals surface area contributed by atoms with E-state index in [0.717, 1.165) is 54.4 Å². The standard InChI is InChI=1S/C36H49NO16S.C34H45NO15/c1-19(38)37-28-31(53-36-33(49-23(5)42)32(48-22(4)41)30(47-21(3)40)26(51-36)17-45-20(2)39)29-27(18-46-34(52-29)25-13-9-7-10-14-25)50-35(28)44-15-11-8-12-16-54-24(6)43;1-7-8-12-15-41-33-26(35-18(2)36)29(27-25(47-33)17-43-32(49-27)23-13-10-9-11-14-23)50-34-31(46-22(6)40)30(45-21(5)39)28(44-20(4)38)24(48-34)16-42-19(3)37/h7,9-10,13-14,26-36H,8,11-12,15-18H2,1-6H3,(H,37,38);7,9-11,13-14,24-34H,1,8,12,15-17H2,2-6H3,(H,35,36)/t26?,27?,28?,29-,30-,31+,32-,33?,34?,35+,36-;24?,25?,26?,27-,28-,29+,30-,31?,32?,33+,34-/m00/s1. The number of rotatable bonds is 30. The Hall–Kier alpha value is -7.58. The van der Waals surface area contributed by atoms with Gasteiger partial charge in [-0.25, -0.2) is 0 Å². The van der Waals surface area contributed by atoms with Crippen LogP contribution in [0.5, 0.6) is 0 Å². The highest BCUT2D eigenvalue weighted by atomic mass is 32.2. The van der Waals surface area contributed by atoms with Gasteiger partial charge in [0.15, 0.2) is 79.5 Å². The molecule has 104 heavy (non-hydrogen) atoms. The summed E-state index contributed by atoms with van der Waals surface area (Å²) in [5, 5.41) is 5.74. The van der Waals surface area contributed by atoms with Gasteiger partial charge < -0.3 is 105 Å². The fourth-order valence-corrected chi connectivity index (χ4v) is 12.9. The monoisotopic (exact) mass is 1490 g/mol. The minimum Gasteiger partial charge on any atom is -0.463 e. The third kappa shape index (κ3) is 25.3. The molecule has 2 amide bonds. The fraction of sp³-hybridized carbons (Fsp3) is 0.643. The second kappa shape index (κ2) is 41.4. The molecule has 8 rings (SSSR count). The third-order valence-corrected chi connectivity index (χ3v) is 17.2. The summed E-state index contributed by atoms with van der Waals surface area (Å²) in [7, 11) is 0. The molecule has 34 heteroatoms. The fourth-order valence-electron chi connectivity index (χ4n) is 12.2. The van der Waals surface area contributed by atoms with Crippen LogP contribution >= 0.6 is 11.8 Å². The summed E-state index contributed by atoms with van der Waals surface area (Å²) in [5.74, 6) is -6.37. The van der Waals surface area contributed by atoms with Gasteiger partial charge in [-0.15, -0.1) is 6.58 Å². The van der Waals surface area contributed by atoms with Crippen molar-refractivity contribution in [3.05, 3.63) is 84.4 Å². The Balaban J connectivity index is 0.000000292. The molecule has 0 radical (unpaired) electrons. The number of unbranched alkanes of at least 4 members (excludes halogenated alkanes) is 3. The van der Waals surface area contributed by atoms with Crippen LogP contribution in [0.3, 0.4) is 0 Å². The zero-order valence-corrected chi connectivity index (χ0v) is 60.6. The number of esters is 8. The van der Waals surface area contributed by atoms with Gasteiger partial charge in [0, 0.05) is 99.6 Å². The molecule has 576 valence electrons. The maximum atomic E-state index is 12.7. The van der Waals surface area contributed by atoms with Crippen LogP contribution in [0.4, 0.5) is 0 Å². The molecule has 6 heterocycles. The topological polar surface area (TPSA) is 396 Å². The largest absolute Gasteiger partial charge is 0.463 e. The summed E-state index contributed by atoms with van der Waals surface area (Å²) in [5.41, 5.74) is 1.40. The van der Waals surface area contributed by atoms with Crippen LogP contribution in [-0.2, 0) is 147 Å². The maximum Gasteiger partial charge on any atom is 0.303 e. The SMILES string of the molecule is C=CCCCO[C@@H]1OC2COC(c3ccccc3)O[C@@H]2[C@H](O[C@@H]2OC(COC(C)=O)[C@H](OC(C)=O)[C@H](OC(C)=O)C2OC(C)=O)C1NC(C)=O.CC(=O)NC1[C@H](OCCCCCSC(C)=O)OC2COC(c3ccccc3)O[C@@H]2[C@@H]1O[C@@H]1OC(COC(C)=O)[C@H](OC(C)=O)[C@H](OC(C)=O)C1OC(C)=O. The third-order valence-electron chi connectivity index (χ3n) is 16.3. The van der Waals surface area contributed by atoms with Crippen LogP contribution < -0.4 is 10.6 Å². The number of carbonyl (C=O) groups excluding carboxylic acids is 11. The molecule has 0 spiro atoms. The van der Waals surface area contributed by atoms with Gasteiger partial charge in [0.05, 0.1) is 19.8 Å². The molecule has 0 aliphatic carbocycles. The lowest BCUT2D eigenvalue weighted by atomic mass is 9.94. The van der Waals surface area contributed by atoms with E-state index in [9.17, 15) is 52.7 Å². The van der Waals surface area contributed by atoms with Crippen molar-refractivity contribution in [1.29, 1.82) is 0 Å². The van der Waals surface area contributed by atoms with Crippen molar-refractivity contribution in [3.63, 3.8) is 0 Å². The molecule has 6 saturated heterocycles. The average molecular weight is 1490 g/mol. The molecule has 2 aromatic carbocycles. The van der Waals surface area contributed by atoms with Gasteiger partial charge in [-0.1, -0.05) is 84.9 Å². The zero-order valence-electron chi connectivity index (χ0n) is 59.8. The molecule has 6 aliphatic rings. The predicted octanol–water partition coefficient (Wildman–Crippen LogP) is 4.05. The zero-order chi connectivity index (χ0) is 75.7. The Kier molecular flexibility index (Phi) is 33.3. The maximum absolute atomic E-state index is 12.7. The van der Waals surface area contributed by atoms with Crippen LogP contribution in [-0.4, -0.2) is 233 Å². The number of benzene rings is 2. The number of hydrogen-bond acceptors (Lipinski definition) is 32. The highest BCUT2D eigenvalue weighted by Gasteiger charge is 2.60. The molecule has 0 saturated carbocycles. The van der Waals surface area contributed by atoms with Crippen molar-refractivity contribution >= 4 is 76.4 Å². The highest BCUT2D eigenvalue weighted by Crippen LogP contribution is 2.42. The van der Waals surface area contributed by atoms with Gasteiger partial charge in [-0.2, -0.15) is 0 Å². The van der Waals surface area contributed by atoms with Crippen LogP contribution in [0.25, 0.3) is 0 Å². The molecular weight excluding hydrogens is 1400 g/mol.